The van der Waals surface area contributed by atoms with Crippen LogP contribution in [-0.4, -0.2) is 12.4 Å². The summed E-state index contributed by atoms with van der Waals surface area (Å²) in [6.07, 6.45) is 0. The Morgan fingerprint density at radius 1 is 1.10 bits per heavy atom. The number of ketones is 1. The Kier molecular flexibility index (Phi) is 2.60. The maximum absolute atomic E-state index is 12.8. The number of thiophene rings is 1. The Bertz CT molecular complexity index is 803. The Labute approximate surface area is 120 Å². The van der Waals surface area contributed by atoms with Gasteiger partial charge in [-0.15, -0.1) is 11.3 Å². The summed E-state index contributed by atoms with van der Waals surface area (Å²) in [6.45, 7) is 0.447. The summed E-state index contributed by atoms with van der Waals surface area (Å²) in [5.74, 6) is 0.821. The summed E-state index contributed by atoms with van der Waals surface area (Å²) in [5, 5.41) is 3.01. The maximum Gasteiger partial charge on any atom is 0.175 e. The van der Waals surface area contributed by atoms with Crippen LogP contribution < -0.4 is 4.74 Å². The topological polar surface area (TPSA) is 26.3 Å². The Balaban J connectivity index is 1.79. The van der Waals surface area contributed by atoms with Crippen LogP contribution in [0, 0.1) is 0 Å². The molecule has 0 saturated carbocycles. The first kappa shape index (κ1) is 11.7. The van der Waals surface area contributed by atoms with Gasteiger partial charge in [-0.3, -0.25) is 4.79 Å². The van der Waals surface area contributed by atoms with Crippen molar-refractivity contribution in [2.45, 2.75) is 5.92 Å². The van der Waals surface area contributed by atoms with Gasteiger partial charge in [0.15, 0.2) is 5.78 Å². The number of carbonyl (C=O) groups excluding carboxylic acids is 1. The van der Waals surface area contributed by atoms with Gasteiger partial charge in [-0.1, -0.05) is 36.4 Å². The zero-order valence-corrected chi connectivity index (χ0v) is 11.5. The molecule has 0 amide bonds. The molecule has 0 spiro atoms. The number of fused-ring (bicyclic) bond motifs is 2. The molecule has 0 fully saturated rings. The first-order valence-corrected chi connectivity index (χ1v) is 7.45. The number of benzene rings is 2. The van der Waals surface area contributed by atoms with E-state index in [1.165, 1.54) is 0 Å². The second kappa shape index (κ2) is 4.46. The van der Waals surface area contributed by atoms with Crippen LogP contribution in [0.15, 0.2) is 53.9 Å². The van der Waals surface area contributed by atoms with E-state index in [0.717, 1.165) is 27.0 Å². The fraction of sp³-hybridized carbons (Fsp3) is 0.118. The molecule has 0 bridgehead atoms. The van der Waals surface area contributed by atoms with Gasteiger partial charge >= 0.3 is 0 Å². The lowest BCUT2D eigenvalue weighted by atomic mass is 9.92. The second-order valence-corrected chi connectivity index (χ2v) is 5.82. The largest absolute Gasteiger partial charge is 0.492 e. The molecule has 0 aliphatic carbocycles. The smallest absolute Gasteiger partial charge is 0.175 e. The van der Waals surface area contributed by atoms with Crippen molar-refractivity contribution in [2.24, 2.45) is 0 Å². The van der Waals surface area contributed by atoms with Gasteiger partial charge in [0.2, 0.25) is 0 Å². The van der Waals surface area contributed by atoms with Crippen molar-refractivity contribution in [3.63, 3.8) is 0 Å². The average molecular weight is 280 g/mol. The number of carbonyl (C=O) groups is 1. The van der Waals surface area contributed by atoms with Gasteiger partial charge in [0.05, 0.1) is 5.92 Å². The van der Waals surface area contributed by atoms with Gasteiger partial charge in [-0.25, -0.2) is 0 Å². The van der Waals surface area contributed by atoms with Crippen molar-refractivity contribution >= 4 is 27.2 Å². The highest BCUT2D eigenvalue weighted by molar-refractivity contribution is 7.17. The van der Waals surface area contributed by atoms with Crippen LogP contribution in [0.3, 0.4) is 0 Å². The highest BCUT2D eigenvalue weighted by atomic mass is 32.1. The lowest BCUT2D eigenvalue weighted by Gasteiger charge is -2.07. The van der Waals surface area contributed by atoms with Gasteiger partial charge in [0.1, 0.15) is 12.4 Å². The summed E-state index contributed by atoms with van der Waals surface area (Å²) in [6, 6.07) is 15.8. The number of hydrogen-bond acceptors (Lipinski definition) is 3. The summed E-state index contributed by atoms with van der Waals surface area (Å²) in [5.41, 5.74) is 1.82. The Morgan fingerprint density at radius 2 is 1.90 bits per heavy atom. The molecular weight excluding hydrogens is 268 g/mol. The molecule has 1 aliphatic rings. The van der Waals surface area contributed by atoms with Crippen LogP contribution in [0.2, 0.25) is 0 Å². The van der Waals surface area contributed by atoms with E-state index in [4.69, 9.17) is 4.74 Å². The molecule has 4 rings (SSSR count). The summed E-state index contributed by atoms with van der Waals surface area (Å²) in [4.78, 5) is 12.8. The lowest BCUT2D eigenvalue weighted by Crippen LogP contribution is -2.13. The molecule has 1 atom stereocenters. The highest BCUT2D eigenvalue weighted by Gasteiger charge is 2.31. The van der Waals surface area contributed by atoms with Gasteiger partial charge in [-0.05, 0) is 12.1 Å². The number of rotatable bonds is 2. The monoisotopic (exact) mass is 280 g/mol. The molecule has 1 unspecified atom stereocenters. The van der Waals surface area contributed by atoms with Crippen molar-refractivity contribution in [3.05, 3.63) is 65.0 Å². The molecule has 0 saturated heterocycles. The Hall–Kier alpha value is -2.13. The third kappa shape index (κ3) is 1.67. The summed E-state index contributed by atoms with van der Waals surface area (Å²) >= 11 is 1.62. The number of ether oxygens (including phenoxy) is 1. The molecule has 98 valence electrons. The summed E-state index contributed by atoms with van der Waals surface area (Å²) < 4.78 is 6.78. The van der Waals surface area contributed by atoms with E-state index >= 15 is 0 Å². The number of hydrogen-bond donors (Lipinski definition) is 0. The molecule has 2 nitrogen and oxygen atoms in total. The van der Waals surface area contributed by atoms with Crippen molar-refractivity contribution in [2.75, 3.05) is 6.61 Å². The minimum Gasteiger partial charge on any atom is -0.492 e. The second-order valence-electron chi connectivity index (χ2n) is 4.91. The van der Waals surface area contributed by atoms with Gasteiger partial charge in [0, 0.05) is 26.6 Å². The molecule has 1 aromatic heterocycles. The molecule has 2 aromatic carbocycles. The minimum atomic E-state index is -0.177. The van der Waals surface area contributed by atoms with Gasteiger partial charge < -0.3 is 4.74 Å². The van der Waals surface area contributed by atoms with Crippen LogP contribution >= 0.6 is 11.3 Å². The van der Waals surface area contributed by atoms with Crippen LogP contribution in [0.5, 0.6) is 5.75 Å². The average Bonchev–Trinajstić information content (AvgIpc) is 3.11. The first-order valence-electron chi connectivity index (χ1n) is 6.57. The fourth-order valence-corrected chi connectivity index (χ4v) is 3.69. The standard InChI is InChI=1S/C17H12O2S/c18-17(13-9-19-15-7-3-1-5-11(13)15)14-10-20-16-8-4-2-6-12(14)16/h1-8,10,13H,9H2. The quantitative estimate of drug-likeness (QED) is 0.656. The van der Waals surface area contributed by atoms with Crippen molar-refractivity contribution < 1.29 is 9.53 Å². The molecule has 1 aliphatic heterocycles. The minimum absolute atomic E-state index is 0.160. The molecular formula is C17H12O2S. The number of Topliss-reactive ketones (excluding diaryl/α,β-unsaturated/α-hetero) is 1. The predicted octanol–water partition coefficient (Wildman–Crippen LogP) is 4.26. The van der Waals surface area contributed by atoms with Gasteiger partial charge in [-0.2, -0.15) is 0 Å². The predicted molar refractivity (Wildman–Crippen MR) is 80.8 cm³/mol. The number of para-hydroxylation sites is 1. The first-order chi connectivity index (χ1) is 9.84. The molecule has 0 N–H and O–H groups in total. The van der Waals surface area contributed by atoms with Crippen molar-refractivity contribution in [1.29, 1.82) is 0 Å². The zero-order chi connectivity index (χ0) is 13.5. The van der Waals surface area contributed by atoms with Crippen molar-refractivity contribution in [3.8, 4) is 5.75 Å². The van der Waals surface area contributed by atoms with Crippen LogP contribution in [0.25, 0.3) is 10.1 Å². The van der Waals surface area contributed by atoms with E-state index in [1.54, 1.807) is 11.3 Å². The molecule has 20 heavy (non-hydrogen) atoms. The molecule has 3 heteroatoms. The van der Waals surface area contributed by atoms with Gasteiger partial charge in [0.25, 0.3) is 0 Å². The van der Waals surface area contributed by atoms with E-state index in [1.807, 2.05) is 47.8 Å². The SMILES string of the molecule is O=C(c1csc2ccccc12)C1COc2ccccc21. The maximum atomic E-state index is 12.8. The van der Waals surface area contributed by atoms with Crippen LogP contribution in [-0.2, 0) is 0 Å². The van der Waals surface area contributed by atoms with E-state index in [0.29, 0.717) is 6.61 Å². The normalized spacial score (nSPS) is 16.9. The fourth-order valence-electron chi connectivity index (χ4n) is 2.74. The van der Waals surface area contributed by atoms with E-state index < -0.39 is 0 Å². The third-order valence-electron chi connectivity index (χ3n) is 3.76. The molecule has 3 aromatic rings. The lowest BCUT2D eigenvalue weighted by molar-refractivity contribution is 0.0949. The van der Waals surface area contributed by atoms with Crippen LogP contribution in [0.4, 0.5) is 0 Å². The molecule has 0 radical (unpaired) electrons. The Morgan fingerprint density at radius 3 is 2.85 bits per heavy atom. The highest BCUT2D eigenvalue weighted by Crippen LogP contribution is 2.37. The van der Waals surface area contributed by atoms with E-state index in [9.17, 15) is 4.79 Å². The summed E-state index contributed by atoms with van der Waals surface area (Å²) in [7, 11) is 0. The third-order valence-corrected chi connectivity index (χ3v) is 4.73. The van der Waals surface area contributed by atoms with Crippen molar-refractivity contribution in [1.82, 2.24) is 0 Å². The van der Waals surface area contributed by atoms with E-state index in [2.05, 4.69) is 6.07 Å². The van der Waals surface area contributed by atoms with E-state index in [-0.39, 0.29) is 11.7 Å². The molecule has 2 heterocycles. The zero-order valence-electron chi connectivity index (χ0n) is 10.7. The van der Waals surface area contributed by atoms with Crippen LogP contribution in [0.1, 0.15) is 21.8 Å².